The average molecular weight is 538 g/mol. The molecule has 0 bridgehead atoms. The first kappa shape index (κ1) is 29.6. The van der Waals surface area contributed by atoms with Crippen molar-refractivity contribution in [3.8, 4) is 0 Å². The van der Waals surface area contributed by atoms with Gasteiger partial charge in [-0.2, -0.15) is 12.6 Å². The standard InChI is InChI=1S/C23H31N5O8S/c1-11(29)19(24)22(34)26-15(6-7-18(30)31)20(32)27-16(21(33)28-17(10-37)23(35)36)8-12-9-25-14-5-3-2-4-13(12)14/h2-5,9,11,15-17,19,25,29,37H,6-8,10,24H2,1H3,(H,26,34)(H,27,32)(H,28,33)(H,30,31)(H,35,36). The van der Waals surface area contributed by atoms with Crippen LogP contribution in [0.2, 0.25) is 0 Å². The van der Waals surface area contributed by atoms with Crippen LogP contribution in [0, 0.1) is 0 Å². The Morgan fingerprint density at radius 1 is 0.973 bits per heavy atom. The number of benzene rings is 1. The zero-order chi connectivity index (χ0) is 27.7. The Bertz CT molecular complexity index is 1140. The summed E-state index contributed by atoms with van der Waals surface area (Å²) in [6, 6.07) is 1.83. The van der Waals surface area contributed by atoms with Crippen molar-refractivity contribution in [2.24, 2.45) is 5.73 Å². The number of carbonyl (C=O) groups excluding carboxylic acids is 3. The van der Waals surface area contributed by atoms with Crippen LogP contribution < -0.4 is 21.7 Å². The van der Waals surface area contributed by atoms with Crippen LogP contribution in [0.25, 0.3) is 10.9 Å². The van der Waals surface area contributed by atoms with E-state index in [0.29, 0.717) is 5.56 Å². The van der Waals surface area contributed by atoms with Crippen molar-refractivity contribution in [1.82, 2.24) is 20.9 Å². The number of H-pyrrole nitrogens is 1. The second kappa shape index (κ2) is 13.6. The Hall–Kier alpha value is -3.62. The summed E-state index contributed by atoms with van der Waals surface area (Å²) >= 11 is 3.93. The lowest BCUT2D eigenvalue weighted by Crippen LogP contribution is -2.58. The van der Waals surface area contributed by atoms with Gasteiger partial charge in [-0.25, -0.2) is 4.79 Å². The number of thiol groups is 1. The molecule has 5 unspecified atom stereocenters. The fourth-order valence-electron chi connectivity index (χ4n) is 3.48. The number of para-hydroxylation sites is 1. The summed E-state index contributed by atoms with van der Waals surface area (Å²) in [6.07, 6.45) is -0.446. The number of carboxylic acid groups (broad SMARTS) is 2. The molecule has 13 nitrogen and oxygen atoms in total. The van der Waals surface area contributed by atoms with Crippen LogP contribution in [0.3, 0.4) is 0 Å². The van der Waals surface area contributed by atoms with Gasteiger partial charge in [-0.1, -0.05) is 18.2 Å². The van der Waals surface area contributed by atoms with E-state index in [1.165, 1.54) is 6.92 Å². The zero-order valence-corrected chi connectivity index (χ0v) is 20.9. The van der Waals surface area contributed by atoms with Gasteiger partial charge in [0.25, 0.3) is 0 Å². The van der Waals surface area contributed by atoms with Crippen LogP contribution in [0.15, 0.2) is 30.5 Å². The maximum absolute atomic E-state index is 13.1. The molecule has 9 N–H and O–H groups in total. The van der Waals surface area contributed by atoms with Crippen LogP contribution in [0.5, 0.6) is 0 Å². The van der Waals surface area contributed by atoms with Crippen molar-refractivity contribution in [2.45, 2.75) is 56.5 Å². The number of hydrogen-bond acceptors (Lipinski definition) is 8. The molecule has 5 atom stereocenters. The minimum atomic E-state index is -1.40. The van der Waals surface area contributed by atoms with Crippen molar-refractivity contribution in [2.75, 3.05) is 5.75 Å². The van der Waals surface area contributed by atoms with Crippen LogP contribution in [-0.4, -0.2) is 86.0 Å². The highest BCUT2D eigenvalue weighted by atomic mass is 32.1. The molecule has 0 fully saturated rings. The van der Waals surface area contributed by atoms with E-state index in [9.17, 15) is 34.2 Å². The number of fused-ring (bicyclic) bond motifs is 1. The van der Waals surface area contributed by atoms with Gasteiger partial charge in [-0.15, -0.1) is 0 Å². The lowest BCUT2D eigenvalue weighted by atomic mass is 10.0. The third-order valence-electron chi connectivity index (χ3n) is 5.63. The predicted molar refractivity (Wildman–Crippen MR) is 136 cm³/mol. The van der Waals surface area contributed by atoms with Gasteiger partial charge in [0.05, 0.1) is 6.10 Å². The quantitative estimate of drug-likeness (QED) is 0.131. The highest BCUT2D eigenvalue weighted by molar-refractivity contribution is 7.80. The van der Waals surface area contributed by atoms with E-state index in [1.54, 1.807) is 18.3 Å². The molecule has 37 heavy (non-hydrogen) atoms. The van der Waals surface area contributed by atoms with Gasteiger partial charge < -0.3 is 42.0 Å². The summed E-state index contributed by atoms with van der Waals surface area (Å²) in [5.41, 5.74) is 7.04. The molecule has 0 saturated carbocycles. The summed E-state index contributed by atoms with van der Waals surface area (Å²) in [7, 11) is 0. The zero-order valence-electron chi connectivity index (χ0n) is 20.0. The van der Waals surface area contributed by atoms with E-state index in [2.05, 4.69) is 33.6 Å². The molecule has 2 aromatic rings. The molecule has 1 heterocycles. The number of hydrogen-bond donors (Lipinski definition) is 9. The Morgan fingerprint density at radius 3 is 2.16 bits per heavy atom. The summed E-state index contributed by atoms with van der Waals surface area (Å²) in [5, 5.41) is 35.8. The number of aliphatic carboxylic acids is 2. The molecular weight excluding hydrogens is 506 g/mol. The lowest BCUT2D eigenvalue weighted by molar-refractivity contribution is -0.141. The molecule has 0 aliphatic carbocycles. The molecule has 0 aliphatic heterocycles. The highest BCUT2D eigenvalue weighted by Gasteiger charge is 2.31. The third-order valence-corrected chi connectivity index (χ3v) is 6.00. The number of amides is 3. The van der Waals surface area contributed by atoms with Gasteiger partial charge in [-0.05, 0) is 25.0 Å². The van der Waals surface area contributed by atoms with Gasteiger partial charge in [0.15, 0.2) is 0 Å². The van der Waals surface area contributed by atoms with E-state index in [1.807, 2.05) is 12.1 Å². The van der Waals surface area contributed by atoms with Gasteiger partial charge in [0, 0.05) is 35.7 Å². The van der Waals surface area contributed by atoms with Crippen LogP contribution in [0.4, 0.5) is 0 Å². The fraction of sp³-hybridized carbons (Fsp3) is 0.435. The first-order chi connectivity index (χ1) is 17.4. The number of aliphatic hydroxyl groups excluding tert-OH is 1. The Morgan fingerprint density at radius 2 is 1.57 bits per heavy atom. The second-order valence-corrected chi connectivity index (χ2v) is 8.83. The van der Waals surface area contributed by atoms with Crippen LogP contribution in [0.1, 0.15) is 25.3 Å². The average Bonchev–Trinajstić information content (AvgIpc) is 3.26. The van der Waals surface area contributed by atoms with Crippen molar-refractivity contribution < 1.29 is 39.3 Å². The first-order valence-corrected chi connectivity index (χ1v) is 12.0. The number of aliphatic hydroxyl groups is 1. The number of carboxylic acids is 2. The Labute approximate surface area is 217 Å². The first-order valence-electron chi connectivity index (χ1n) is 11.4. The maximum Gasteiger partial charge on any atom is 0.327 e. The summed E-state index contributed by atoms with van der Waals surface area (Å²) in [5.74, 6) is -5.34. The molecule has 2 rings (SSSR count). The van der Waals surface area contributed by atoms with E-state index in [0.717, 1.165) is 10.9 Å². The van der Waals surface area contributed by atoms with E-state index < -0.39 is 66.4 Å². The molecule has 1 aromatic heterocycles. The molecule has 3 amide bonds. The van der Waals surface area contributed by atoms with Crippen molar-refractivity contribution in [3.05, 3.63) is 36.0 Å². The van der Waals surface area contributed by atoms with Gasteiger partial charge in [0.1, 0.15) is 24.2 Å². The molecule has 202 valence electrons. The molecule has 1 aromatic carbocycles. The minimum absolute atomic E-state index is 0.0483. The number of nitrogens with one attached hydrogen (secondary N) is 4. The smallest absolute Gasteiger partial charge is 0.327 e. The van der Waals surface area contributed by atoms with Crippen molar-refractivity contribution in [3.63, 3.8) is 0 Å². The van der Waals surface area contributed by atoms with E-state index >= 15 is 0 Å². The van der Waals surface area contributed by atoms with Gasteiger partial charge >= 0.3 is 11.9 Å². The lowest BCUT2D eigenvalue weighted by Gasteiger charge is -2.25. The molecular formula is C23H31N5O8S. The summed E-state index contributed by atoms with van der Waals surface area (Å²) < 4.78 is 0. The summed E-state index contributed by atoms with van der Waals surface area (Å²) in [4.78, 5) is 64.1. The van der Waals surface area contributed by atoms with E-state index in [4.69, 9.17) is 10.8 Å². The van der Waals surface area contributed by atoms with Crippen molar-refractivity contribution >= 4 is 53.2 Å². The molecule has 0 saturated heterocycles. The fourth-order valence-corrected chi connectivity index (χ4v) is 3.73. The number of rotatable bonds is 14. The normalized spacial score (nSPS) is 15.1. The maximum atomic E-state index is 13.1. The van der Waals surface area contributed by atoms with Crippen LogP contribution >= 0.6 is 12.6 Å². The number of nitrogens with two attached hydrogens (primary N) is 1. The number of carbonyl (C=O) groups is 5. The number of aromatic amines is 1. The predicted octanol–water partition coefficient (Wildman–Crippen LogP) is -1.25. The van der Waals surface area contributed by atoms with Crippen molar-refractivity contribution in [1.29, 1.82) is 0 Å². The Balaban J connectivity index is 2.32. The minimum Gasteiger partial charge on any atom is -0.481 e. The van der Waals surface area contributed by atoms with Gasteiger partial charge in [0.2, 0.25) is 17.7 Å². The summed E-state index contributed by atoms with van der Waals surface area (Å²) in [6.45, 7) is 1.28. The topological polar surface area (TPSA) is 224 Å². The molecule has 0 aliphatic rings. The van der Waals surface area contributed by atoms with E-state index in [-0.39, 0.29) is 18.6 Å². The molecule has 0 spiro atoms. The monoisotopic (exact) mass is 537 g/mol. The van der Waals surface area contributed by atoms with Crippen LogP contribution in [-0.2, 0) is 30.4 Å². The highest BCUT2D eigenvalue weighted by Crippen LogP contribution is 2.19. The SMILES string of the molecule is CC(O)C(N)C(=O)NC(CCC(=O)O)C(=O)NC(Cc1c[nH]c2ccccc12)C(=O)NC(CS)C(=O)O. The number of aromatic nitrogens is 1. The van der Waals surface area contributed by atoms with Gasteiger partial charge in [-0.3, -0.25) is 19.2 Å². The largest absolute Gasteiger partial charge is 0.481 e. The third kappa shape index (κ3) is 8.48. The molecule has 14 heteroatoms. The molecule has 0 radical (unpaired) electrons. The Kier molecular flexibility index (Phi) is 10.9. The second-order valence-electron chi connectivity index (χ2n) is 8.47.